The average Bonchev–Trinajstić information content (AvgIpc) is 2.34. The molecule has 0 radical (unpaired) electrons. The highest BCUT2D eigenvalue weighted by Crippen LogP contribution is 1.95. The van der Waals surface area contributed by atoms with Crippen molar-refractivity contribution in [2.45, 2.75) is 6.92 Å². The molecule has 5 nitrogen and oxygen atoms in total. The molecule has 0 aliphatic carbocycles. The Morgan fingerprint density at radius 2 is 1.67 bits per heavy atom. The van der Waals surface area contributed by atoms with Gasteiger partial charge in [0.2, 0.25) is 0 Å². The molecule has 0 bridgehead atoms. The Hall–Kier alpha value is -0.200. The van der Waals surface area contributed by atoms with Crippen molar-refractivity contribution in [1.29, 1.82) is 0 Å². The zero-order valence-electron chi connectivity index (χ0n) is 9.54. The fourth-order valence-electron chi connectivity index (χ4n) is 1.37. The molecule has 0 amide bonds. The van der Waals surface area contributed by atoms with Crippen LogP contribution < -0.4 is 5.32 Å². The standard InChI is InChI=1S/C6H13NO2.C4H9NO/c1-2-9-7-3-5-8-6-4-7;1-3-6-4-2-5-1/h2-6H2,1H3;5H,1-4H2. The van der Waals surface area contributed by atoms with Crippen LogP contribution in [-0.2, 0) is 14.3 Å². The molecule has 0 unspecified atom stereocenters. The van der Waals surface area contributed by atoms with E-state index in [1.807, 2.05) is 12.0 Å². The first-order valence-electron chi connectivity index (χ1n) is 5.67. The van der Waals surface area contributed by atoms with Crippen LogP contribution >= 0.6 is 0 Å². The van der Waals surface area contributed by atoms with Crippen molar-refractivity contribution >= 4 is 0 Å². The van der Waals surface area contributed by atoms with Gasteiger partial charge in [-0.1, -0.05) is 0 Å². The molecule has 0 aromatic carbocycles. The van der Waals surface area contributed by atoms with E-state index < -0.39 is 0 Å². The molecule has 2 saturated heterocycles. The van der Waals surface area contributed by atoms with Gasteiger partial charge in [-0.3, -0.25) is 4.84 Å². The Morgan fingerprint density at radius 3 is 2.07 bits per heavy atom. The van der Waals surface area contributed by atoms with E-state index in [1.54, 1.807) is 0 Å². The number of ether oxygens (including phenoxy) is 2. The summed E-state index contributed by atoms with van der Waals surface area (Å²) in [5.74, 6) is 0. The van der Waals surface area contributed by atoms with Gasteiger partial charge in [-0.15, -0.1) is 0 Å². The summed E-state index contributed by atoms with van der Waals surface area (Å²) < 4.78 is 10.1. The second-order valence-corrected chi connectivity index (χ2v) is 3.32. The first kappa shape index (κ1) is 12.9. The second-order valence-electron chi connectivity index (χ2n) is 3.32. The summed E-state index contributed by atoms with van der Waals surface area (Å²) in [7, 11) is 0. The number of morpholine rings is 2. The summed E-state index contributed by atoms with van der Waals surface area (Å²) in [6.45, 7) is 10.0. The highest BCUT2D eigenvalue weighted by Gasteiger charge is 2.08. The molecular formula is C10H22N2O3. The SMILES string of the molecule is C1COCCN1.CCON1CCOCC1. The Bertz CT molecular complexity index is 122. The van der Waals surface area contributed by atoms with Gasteiger partial charge in [0.05, 0.1) is 33.0 Å². The lowest BCUT2D eigenvalue weighted by molar-refractivity contribution is -0.190. The predicted octanol–water partition coefficient (Wildman–Crippen LogP) is -0.124. The van der Waals surface area contributed by atoms with Crippen molar-refractivity contribution in [3.8, 4) is 0 Å². The summed E-state index contributed by atoms with van der Waals surface area (Å²) in [6, 6.07) is 0. The number of hydrogen-bond acceptors (Lipinski definition) is 5. The summed E-state index contributed by atoms with van der Waals surface area (Å²) in [6.07, 6.45) is 0. The van der Waals surface area contributed by atoms with E-state index in [9.17, 15) is 0 Å². The van der Waals surface area contributed by atoms with Crippen LogP contribution in [0.3, 0.4) is 0 Å². The first-order valence-corrected chi connectivity index (χ1v) is 5.67. The molecule has 0 saturated carbocycles. The van der Waals surface area contributed by atoms with Gasteiger partial charge in [0.25, 0.3) is 0 Å². The maximum absolute atomic E-state index is 5.24. The summed E-state index contributed by atoms with van der Waals surface area (Å²) in [5, 5.41) is 5.11. The molecule has 90 valence electrons. The smallest absolute Gasteiger partial charge is 0.0656 e. The first-order chi connectivity index (χ1) is 7.43. The molecule has 0 aromatic rings. The molecule has 0 atom stereocenters. The Morgan fingerprint density at radius 1 is 1.07 bits per heavy atom. The third kappa shape index (κ3) is 6.81. The van der Waals surface area contributed by atoms with E-state index in [1.165, 1.54) is 0 Å². The van der Waals surface area contributed by atoms with E-state index in [2.05, 4.69) is 5.32 Å². The molecule has 2 fully saturated rings. The second kappa shape index (κ2) is 9.06. The van der Waals surface area contributed by atoms with E-state index in [4.69, 9.17) is 14.3 Å². The lowest BCUT2D eigenvalue weighted by Crippen LogP contribution is -2.36. The minimum Gasteiger partial charge on any atom is -0.379 e. The van der Waals surface area contributed by atoms with Crippen LogP contribution in [0.1, 0.15) is 6.92 Å². The van der Waals surface area contributed by atoms with E-state index in [0.717, 1.165) is 59.2 Å². The molecule has 2 aliphatic rings. The number of nitrogens with zero attached hydrogens (tertiary/aromatic N) is 1. The summed E-state index contributed by atoms with van der Waals surface area (Å²) >= 11 is 0. The molecular weight excluding hydrogens is 196 g/mol. The molecule has 2 heterocycles. The number of rotatable bonds is 2. The maximum atomic E-state index is 5.24. The molecule has 1 N–H and O–H groups in total. The van der Waals surface area contributed by atoms with Crippen LogP contribution in [0.2, 0.25) is 0 Å². The lowest BCUT2D eigenvalue weighted by atomic mass is 10.5. The number of nitrogens with one attached hydrogen (secondary N) is 1. The van der Waals surface area contributed by atoms with E-state index in [-0.39, 0.29) is 0 Å². The zero-order valence-corrected chi connectivity index (χ0v) is 9.54. The zero-order chi connectivity index (χ0) is 10.8. The van der Waals surface area contributed by atoms with Crippen LogP contribution in [-0.4, -0.2) is 64.3 Å². The van der Waals surface area contributed by atoms with Gasteiger partial charge in [-0.05, 0) is 6.92 Å². The van der Waals surface area contributed by atoms with Crippen molar-refractivity contribution < 1.29 is 14.3 Å². The van der Waals surface area contributed by atoms with Crippen molar-refractivity contribution in [3.63, 3.8) is 0 Å². The van der Waals surface area contributed by atoms with Crippen LogP contribution in [0.15, 0.2) is 0 Å². The van der Waals surface area contributed by atoms with Crippen molar-refractivity contribution in [1.82, 2.24) is 10.4 Å². The Labute approximate surface area is 91.6 Å². The van der Waals surface area contributed by atoms with E-state index >= 15 is 0 Å². The van der Waals surface area contributed by atoms with Crippen molar-refractivity contribution in [3.05, 3.63) is 0 Å². The molecule has 0 aromatic heterocycles. The largest absolute Gasteiger partial charge is 0.379 e. The summed E-state index contributed by atoms with van der Waals surface area (Å²) in [5.41, 5.74) is 0. The van der Waals surface area contributed by atoms with Gasteiger partial charge in [-0.2, -0.15) is 5.06 Å². The minimum absolute atomic E-state index is 0.764. The fraction of sp³-hybridized carbons (Fsp3) is 1.00. The molecule has 0 spiro atoms. The van der Waals surface area contributed by atoms with Gasteiger partial charge in [0.15, 0.2) is 0 Å². The van der Waals surface area contributed by atoms with Gasteiger partial charge < -0.3 is 14.8 Å². The van der Waals surface area contributed by atoms with Crippen LogP contribution in [0.25, 0.3) is 0 Å². The minimum atomic E-state index is 0.764. The van der Waals surface area contributed by atoms with E-state index in [0.29, 0.717) is 0 Å². The van der Waals surface area contributed by atoms with Gasteiger partial charge in [0.1, 0.15) is 0 Å². The topological polar surface area (TPSA) is 43.0 Å². The molecule has 2 aliphatic heterocycles. The lowest BCUT2D eigenvalue weighted by Gasteiger charge is -2.24. The quantitative estimate of drug-likeness (QED) is 0.700. The van der Waals surface area contributed by atoms with Crippen molar-refractivity contribution in [2.75, 3.05) is 59.2 Å². The molecule has 15 heavy (non-hydrogen) atoms. The number of hydroxylamine groups is 2. The monoisotopic (exact) mass is 218 g/mol. The maximum Gasteiger partial charge on any atom is 0.0656 e. The summed E-state index contributed by atoms with van der Waals surface area (Å²) in [4.78, 5) is 5.24. The third-order valence-electron chi connectivity index (χ3n) is 2.13. The van der Waals surface area contributed by atoms with Crippen LogP contribution in [0.4, 0.5) is 0 Å². The number of hydrogen-bond donors (Lipinski definition) is 1. The van der Waals surface area contributed by atoms with Gasteiger partial charge >= 0.3 is 0 Å². The normalized spacial score (nSPS) is 23.0. The fourth-order valence-corrected chi connectivity index (χ4v) is 1.37. The van der Waals surface area contributed by atoms with Crippen LogP contribution in [0, 0.1) is 0 Å². The Balaban J connectivity index is 0.000000162. The average molecular weight is 218 g/mol. The van der Waals surface area contributed by atoms with Crippen LogP contribution in [0.5, 0.6) is 0 Å². The van der Waals surface area contributed by atoms with Crippen molar-refractivity contribution in [2.24, 2.45) is 0 Å². The van der Waals surface area contributed by atoms with Gasteiger partial charge in [0, 0.05) is 26.2 Å². The molecule has 2 rings (SSSR count). The van der Waals surface area contributed by atoms with Gasteiger partial charge in [-0.25, -0.2) is 0 Å². The highest BCUT2D eigenvalue weighted by molar-refractivity contribution is 4.50. The highest BCUT2D eigenvalue weighted by atomic mass is 16.7. The Kier molecular flexibility index (Phi) is 7.77. The third-order valence-corrected chi connectivity index (χ3v) is 2.13. The predicted molar refractivity (Wildman–Crippen MR) is 57.7 cm³/mol. The molecule has 5 heteroatoms.